The van der Waals surface area contributed by atoms with Gasteiger partial charge in [-0.3, -0.25) is 9.97 Å². The topological polar surface area (TPSA) is 54.5 Å². The molecule has 154 valence electrons. The van der Waals surface area contributed by atoms with Crippen LogP contribution in [0.5, 0.6) is 0 Å². The van der Waals surface area contributed by atoms with Gasteiger partial charge in [0.2, 0.25) is 0 Å². The number of aromatic nitrogens is 4. The van der Waals surface area contributed by atoms with Crippen LogP contribution in [0, 0.1) is 0 Å². The van der Waals surface area contributed by atoms with Gasteiger partial charge in [-0.1, -0.05) is 11.6 Å². The van der Waals surface area contributed by atoms with Crippen LogP contribution in [-0.4, -0.2) is 19.9 Å². The standard InChI is InChI=1S/C19H9ClF6N4/c20-14-11(3-5-28-15(14)9-2-1-4-27-8-9)17-29-13-7-10(18(21,22)23)6-12(16(13)30-17)19(24,25)26/h1-8H,(H,29,30). The molecule has 1 N–H and O–H groups in total. The second-order valence-corrected chi connectivity index (χ2v) is 6.64. The summed E-state index contributed by atoms with van der Waals surface area (Å²) < 4.78 is 79.4. The third-order valence-corrected chi connectivity index (χ3v) is 4.68. The minimum absolute atomic E-state index is 0.0438. The molecule has 11 heteroatoms. The molecule has 0 spiro atoms. The Morgan fingerprint density at radius 1 is 0.933 bits per heavy atom. The second kappa shape index (κ2) is 6.98. The van der Waals surface area contributed by atoms with Crippen LogP contribution in [0.25, 0.3) is 33.7 Å². The van der Waals surface area contributed by atoms with Gasteiger partial charge in [0.05, 0.1) is 27.4 Å². The molecule has 0 atom stereocenters. The minimum Gasteiger partial charge on any atom is -0.338 e. The largest absolute Gasteiger partial charge is 0.418 e. The Bertz CT molecular complexity index is 1230. The molecule has 0 saturated heterocycles. The van der Waals surface area contributed by atoms with Crippen molar-refractivity contribution in [1.29, 1.82) is 0 Å². The van der Waals surface area contributed by atoms with Gasteiger partial charge < -0.3 is 4.98 Å². The Kier molecular flexibility index (Phi) is 4.69. The number of hydrogen-bond acceptors (Lipinski definition) is 3. The maximum Gasteiger partial charge on any atom is 0.418 e. The van der Waals surface area contributed by atoms with Gasteiger partial charge in [-0.2, -0.15) is 26.3 Å². The Hall–Kier alpha value is -3.14. The molecule has 30 heavy (non-hydrogen) atoms. The van der Waals surface area contributed by atoms with E-state index in [0.717, 1.165) is 0 Å². The quantitative estimate of drug-likeness (QED) is 0.367. The normalized spacial score (nSPS) is 12.5. The van der Waals surface area contributed by atoms with Gasteiger partial charge in [0.25, 0.3) is 0 Å². The molecule has 0 fully saturated rings. The van der Waals surface area contributed by atoms with Crippen molar-refractivity contribution < 1.29 is 26.3 Å². The fourth-order valence-electron chi connectivity index (χ4n) is 2.96. The van der Waals surface area contributed by atoms with E-state index in [1.807, 2.05) is 0 Å². The fraction of sp³-hybridized carbons (Fsp3) is 0.105. The van der Waals surface area contributed by atoms with Crippen LogP contribution < -0.4 is 0 Å². The molecular weight excluding hydrogens is 434 g/mol. The molecular formula is C19H9ClF6N4. The van der Waals surface area contributed by atoms with Gasteiger partial charge in [0.15, 0.2) is 0 Å². The minimum atomic E-state index is -5.03. The number of alkyl halides is 6. The summed E-state index contributed by atoms with van der Waals surface area (Å²) in [5, 5.41) is 0.0640. The van der Waals surface area contributed by atoms with Gasteiger partial charge >= 0.3 is 12.4 Å². The van der Waals surface area contributed by atoms with Crippen molar-refractivity contribution >= 4 is 22.6 Å². The number of pyridine rings is 2. The van der Waals surface area contributed by atoms with E-state index in [1.54, 1.807) is 12.1 Å². The number of imidazole rings is 1. The summed E-state index contributed by atoms with van der Waals surface area (Å²) in [4.78, 5) is 14.5. The van der Waals surface area contributed by atoms with Crippen LogP contribution in [-0.2, 0) is 12.4 Å². The average molecular weight is 443 g/mol. The van der Waals surface area contributed by atoms with E-state index in [-0.39, 0.29) is 22.5 Å². The highest BCUT2D eigenvalue weighted by Crippen LogP contribution is 2.41. The Morgan fingerprint density at radius 3 is 2.33 bits per heavy atom. The van der Waals surface area contributed by atoms with Crippen molar-refractivity contribution in [2.24, 2.45) is 0 Å². The number of benzene rings is 1. The molecule has 0 aliphatic heterocycles. The van der Waals surface area contributed by atoms with Crippen molar-refractivity contribution in [1.82, 2.24) is 19.9 Å². The van der Waals surface area contributed by atoms with E-state index < -0.39 is 34.5 Å². The summed E-state index contributed by atoms with van der Waals surface area (Å²) in [7, 11) is 0. The molecule has 0 aliphatic rings. The van der Waals surface area contributed by atoms with Gasteiger partial charge in [0.1, 0.15) is 11.3 Å². The second-order valence-electron chi connectivity index (χ2n) is 6.26. The Labute approximate surface area is 169 Å². The first-order valence-electron chi connectivity index (χ1n) is 8.29. The molecule has 0 radical (unpaired) electrons. The van der Waals surface area contributed by atoms with Crippen molar-refractivity contribution in [3.8, 4) is 22.6 Å². The molecule has 0 bridgehead atoms. The number of nitrogens with zero attached hydrogens (tertiary/aromatic N) is 3. The number of halogens is 7. The molecule has 0 unspecified atom stereocenters. The molecule has 4 rings (SSSR count). The predicted molar refractivity (Wildman–Crippen MR) is 97.6 cm³/mol. The zero-order chi connectivity index (χ0) is 21.7. The lowest BCUT2D eigenvalue weighted by atomic mass is 10.1. The van der Waals surface area contributed by atoms with Crippen LogP contribution in [0.4, 0.5) is 26.3 Å². The molecule has 3 aromatic heterocycles. The van der Waals surface area contributed by atoms with Crippen LogP contribution in [0.1, 0.15) is 11.1 Å². The fourth-order valence-corrected chi connectivity index (χ4v) is 3.27. The SMILES string of the molecule is FC(F)(F)c1cc(C(F)(F)F)c2nc(-c3ccnc(-c4cccnc4)c3Cl)[nH]c2c1. The highest BCUT2D eigenvalue weighted by Gasteiger charge is 2.39. The zero-order valence-corrected chi connectivity index (χ0v) is 15.4. The number of nitrogens with one attached hydrogen (secondary N) is 1. The highest BCUT2D eigenvalue weighted by atomic mass is 35.5. The maximum absolute atomic E-state index is 13.4. The maximum atomic E-state index is 13.4. The summed E-state index contributed by atoms with van der Waals surface area (Å²) in [5.41, 5.74) is -2.94. The first-order valence-corrected chi connectivity index (χ1v) is 8.67. The molecule has 4 aromatic rings. The lowest BCUT2D eigenvalue weighted by molar-refractivity contribution is -0.142. The van der Waals surface area contributed by atoms with E-state index in [4.69, 9.17) is 11.6 Å². The summed E-state index contributed by atoms with van der Waals surface area (Å²) in [6, 6.07) is 5.36. The van der Waals surface area contributed by atoms with E-state index in [2.05, 4.69) is 19.9 Å². The third-order valence-electron chi connectivity index (χ3n) is 4.30. The Balaban J connectivity index is 1.93. The Morgan fingerprint density at radius 2 is 1.70 bits per heavy atom. The van der Waals surface area contributed by atoms with Gasteiger partial charge in [-0.05, 0) is 30.3 Å². The zero-order valence-electron chi connectivity index (χ0n) is 14.6. The number of hydrogen-bond donors (Lipinski definition) is 1. The molecule has 0 amide bonds. The van der Waals surface area contributed by atoms with Crippen molar-refractivity contribution in [3.05, 3.63) is 65.1 Å². The van der Waals surface area contributed by atoms with Gasteiger partial charge in [-0.15, -0.1) is 0 Å². The summed E-state index contributed by atoms with van der Waals surface area (Å²) >= 11 is 6.39. The van der Waals surface area contributed by atoms with Crippen molar-refractivity contribution in [2.45, 2.75) is 12.4 Å². The van der Waals surface area contributed by atoms with Crippen LogP contribution in [0.3, 0.4) is 0 Å². The smallest absolute Gasteiger partial charge is 0.338 e. The van der Waals surface area contributed by atoms with E-state index >= 15 is 0 Å². The van der Waals surface area contributed by atoms with Crippen LogP contribution in [0.15, 0.2) is 48.9 Å². The van der Waals surface area contributed by atoms with Crippen LogP contribution >= 0.6 is 11.6 Å². The lowest BCUT2D eigenvalue weighted by Crippen LogP contribution is -2.11. The third kappa shape index (κ3) is 3.58. The van der Waals surface area contributed by atoms with E-state index in [1.165, 1.54) is 24.7 Å². The predicted octanol–water partition coefficient (Wildman–Crippen LogP) is 6.38. The number of fused-ring (bicyclic) bond motifs is 1. The number of aromatic amines is 1. The molecule has 0 aliphatic carbocycles. The first kappa shape index (κ1) is 20.1. The molecule has 1 aromatic carbocycles. The van der Waals surface area contributed by atoms with Gasteiger partial charge in [-0.25, -0.2) is 4.98 Å². The van der Waals surface area contributed by atoms with Crippen molar-refractivity contribution in [3.63, 3.8) is 0 Å². The number of rotatable bonds is 2. The summed E-state index contributed by atoms with van der Waals surface area (Å²) in [5.74, 6) is -0.118. The monoisotopic (exact) mass is 442 g/mol. The number of H-pyrrole nitrogens is 1. The summed E-state index contributed by atoms with van der Waals surface area (Å²) in [6.45, 7) is 0. The van der Waals surface area contributed by atoms with Gasteiger partial charge in [0, 0.05) is 29.7 Å². The van der Waals surface area contributed by atoms with E-state index in [9.17, 15) is 26.3 Å². The van der Waals surface area contributed by atoms with Crippen molar-refractivity contribution in [2.75, 3.05) is 0 Å². The molecule has 0 saturated carbocycles. The van der Waals surface area contributed by atoms with E-state index in [0.29, 0.717) is 17.3 Å². The van der Waals surface area contributed by atoms with Crippen LogP contribution in [0.2, 0.25) is 5.02 Å². The highest BCUT2D eigenvalue weighted by molar-refractivity contribution is 6.35. The molecule has 3 heterocycles. The molecule has 4 nitrogen and oxygen atoms in total. The first-order chi connectivity index (χ1) is 14.1. The lowest BCUT2D eigenvalue weighted by Gasteiger charge is -2.11. The summed E-state index contributed by atoms with van der Waals surface area (Å²) in [6.07, 6.45) is -5.59. The average Bonchev–Trinajstić information content (AvgIpc) is 3.10.